The Bertz CT molecular complexity index is 1990. The van der Waals surface area contributed by atoms with Crippen LogP contribution in [0.15, 0.2) is 12.1 Å². The molecule has 12 nitrogen and oxygen atoms in total. The smallest absolute Gasteiger partial charge is 0.418 e. The number of anilines is 1. The van der Waals surface area contributed by atoms with E-state index < -0.39 is 69.3 Å². The van der Waals surface area contributed by atoms with Crippen molar-refractivity contribution in [3.63, 3.8) is 0 Å². The number of rotatable bonds is 7. The maximum atomic E-state index is 17.1. The Hall–Kier alpha value is -3.96. The van der Waals surface area contributed by atoms with E-state index in [4.69, 9.17) is 40.3 Å². The van der Waals surface area contributed by atoms with Crippen LogP contribution in [0.5, 0.6) is 17.6 Å². The molecule has 5 atom stereocenters. The van der Waals surface area contributed by atoms with E-state index in [1.54, 1.807) is 25.7 Å². The Morgan fingerprint density at radius 3 is 2.63 bits per heavy atom. The highest BCUT2D eigenvalue weighted by molar-refractivity contribution is 6.32. The Morgan fingerprint density at radius 1 is 1.09 bits per heavy atom. The van der Waals surface area contributed by atoms with Gasteiger partial charge in [0, 0.05) is 32.2 Å². The minimum atomic E-state index is -5.03. The fraction of sp³-hybridized carbons (Fsp3) is 0.611. The summed E-state index contributed by atoms with van der Waals surface area (Å²) < 4.78 is 104. The molecular formula is C36H40ClF5N6O6. The lowest BCUT2D eigenvalue weighted by Gasteiger charge is -2.46. The van der Waals surface area contributed by atoms with Crippen molar-refractivity contribution in [3.8, 4) is 28.9 Å². The third kappa shape index (κ3) is 6.38. The second-order valence-electron chi connectivity index (χ2n) is 15.6. The van der Waals surface area contributed by atoms with E-state index in [1.165, 1.54) is 7.11 Å². The van der Waals surface area contributed by atoms with Gasteiger partial charge in [-0.1, -0.05) is 11.6 Å². The Balaban J connectivity index is 1.27. The summed E-state index contributed by atoms with van der Waals surface area (Å²) >= 11 is 6.19. The van der Waals surface area contributed by atoms with Gasteiger partial charge in [-0.2, -0.15) is 23.1 Å². The summed E-state index contributed by atoms with van der Waals surface area (Å²) in [5, 5.41) is -0.710. The fourth-order valence-corrected chi connectivity index (χ4v) is 9.14. The highest BCUT2D eigenvalue weighted by Gasteiger charge is 2.53. The zero-order valence-electron chi connectivity index (χ0n) is 30.1. The predicted molar refractivity (Wildman–Crippen MR) is 185 cm³/mol. The third-order valence-electron chi connectivity index (χ3n) is 11.0. The molecule has 2 bridgehead atoms. The van der Waals surface area contributed by atoms with E-state index >= 15 is 4.39 Å². The number of carbonyl (C=O) groups is 1. The van der Waals surface area contributed by atoms with Crippen LogP contribution in [-0.4, -0.2) is 113 Å². The average molecular weight is 783 g/mol. The molecule has 4 fully saturated rings. The molecular weight excluding hydrogens is 743 g/mol. The van der Waals surface area contributed by atoms with Crippen LogP contribution in [-0.2, 0) is 15.7 Å². The highest BCUT2D eigenvalue weighted by Crippen LogP contribution is 2.49. The molecule has 0 saturated carbocycles. The molecule has 18 heteroatoms. The number of amides is 1. The fourth-order valence-electron chi connectivity index (χ4n) is 8.82. The zero-order chi connectivity index (χ0) is 38.3. The summed E-state index contributed by atoms with van der Waals surface area (Å²) in [5.41, 5.74) is -4.51. The number of hydrogen-bond acceptors (Lipinski definition) is 11. The first-order valence-electron chi connectivity index (χ1n) is 17.9. The molecule has 8 rings (SSSR count). The average Bonchev–Trinajstić information content (AvgIpc) is 3.69. The summed E-state index contributed by atoms with van der Waals surface area (Å²) in [4.78, 5) is 32.8. The number of hydrogen-bond donors (Lipinski definition) is 0. The number of nitrogens with zero attached hydrogens (tertiary/aromatic N) is 6. The molecule has 0 aliphatic carbocycles. The van der Waals surface area contributed by atoms with Crippen molar-refractivity contribution >= 4 is 34.4 Å². The molecule has 0 radical (unpaired) electrons. The van der Waals surface area contributed by atoms with E-state index in [0.717, 1.165) is 18.6 Å². The third-order valence-corrected chi connectivity index (χ3v) is 11.3. The minimum Gasteiger partial charge on any atom is -0.475 e. The molecule has 4 saturated heterocycles. The van der Waals surface area contributed by atoms with Crippen LogP contribution in [0.3, 0.4) is 0 Å². The number of methoxy groups -OCH3 is 1. The van der Waals surface area contributed by atoms with Gasteiger partial charge < -0.3 is 28.6 Å². The molecule has 292 valence electrons. The molecule has 0 spiro atoms. The SMILES string of the molecule is COCOc1cc(Cl)c(C(F)(F)F)c(-c2nc3c4c(nc(OC[C@@]56CCCN5C[C@@H](F)C6)nc4c2F)N2C[C@@H]4CC[C@H]([C@@H]2CO3)N4C(=O)OC(C)(C)C)c1. The number of ether oxygens (including phenoxy) is 5. The van der Waals surface area contributed by atoms with Gasteiger partial charge in [-0.05, 0) is 65.1 Å². The molecule has 5 aliphatic heterocycles. The van der Waals surface area contributed by atoms with Crippen molar-refractivity contribution in [3.05, 3.63) is 28.5 Å². The van der Waals surface area contributed by atoms with Gasteiger partial charge in [0.05, 0.1) is 34.3 Å². The number of pyridine rings is 1. The summed E-state index contributed by atoms with van der Waals surface area (Å²) in [6.45, 7) is 6.24. The van der Waals surface area contributed by atoms with Gasteiger partial charge >= 0.3 is 18.3 Å². The number of fused-ring (bicyclic) bond motifs is 6. The van der Waals surface area contributed by atoms with Gasteiger partial charge in [-0.25, -0.2) is 18.6 Å². The largest absolute Gasteiger partial charge is 0.475 e. The normalized spacial score (nSPS) is 26.4. The predicted octanol–water partition coefficient (Wildman–Crippen LogP) is 6.79. The number of piperazine rings is 1. The second-order valence-corrected chi connectivity index (χ2v) is 16.0. The van der Waals surface area contributed by atoms with Crippen LogP contribution in [0.2, 0.25) is 5.02 Å². The Morgan fingerprint density at radius 2 is 1.89 bits per heavy atom. The van der Waals surface area contributed by atoms with Gasteiger partial charge in [-0.3, -0.25) is 9.80 Å². The molecule has 0 unspecified atom stereocenters. The van der Waals surface area contributed by atoms with Crippen LogP contribution in [0.4, 0.5) is 32.6 Å². The number of alkyl halides is 4. The van der Waals surface area contributed by atoms with Gasteiger partial charge in [0.1, 0.15) is 53.2 Å². The molecule has 54 heavy (non-hydrogen) atoms. The topological polar surface area (TPSA) is 112 Å². The number of aromatic nitrogens is 3. The minimum absolute atomic E-state index is 0.0229. The summed E-state index contributed by atoms with van der Waals surface area (Å²) in [7, 11) is 1.33. The molecule has 5 aliphatic rings. The van der Waals surface area contributed by atoms with Crippen LogP contribution >= 0.6 is 11.6 Å². The number of halogens is 6. The molecule has 7 heterocycles. The van der Waals surface area contributed by atoms with Crippen LogP contribution in [0.1, 0.15) is 58.4 Å². The monoisotopic (exact) mass is 782 g/mol. The summed E-state index contributed by atoms with van der Waals surface area (Å²) in [5.74, 6) is -1.33. The maximum absolute atomic E-state index is 17.1. The van der Waals surface area contributed by atoms with Crippen molar-refractivity contribution in [1.29, 1.82) is 0 Å². The van der Waals surface area contributed by atoms with Crippen LogP contribution in [0.25, 0.3) is 22.2 Å². The first-order chi connectivity index (χ1) is 25.6. The molecule has 0 N–H and O–H groups in total. The molecule has 3 aromatic rings. The zero-order valence-corrected chi connectivity index (χ0v) is 30.9. The van der Waals surface area contributed by atoms with Gasteiger partial charge in [-0.15, -0.1) is 0 Å². The van der Waals surface area contributed by atoms with E-state index in [0.29, 0.717) is 25.8 Å². The number of benzene rings is 1. The second kappa shape index (κ2) is 13.4. The summed E-state index contributed by atoms with van der Waals surface area (Å²) in [6, 6.07) is 0.492. The van der Waals surface area contributed by atoms with Gasteiger partial charge in [0.15, 0.2) is 12.6 Å². The number of carbonyl (C=O) groups excluding carboxylic acids is 1. The van der Waals surface area contributed by atoms with E-state index in [9.17, 15) is 22.4 Å². The van der Waals surface area contributed by atoms with Crippen LogP contribution < -0.4 is 19.1 Å². The van der Waals surface area contributed by atoms with Crippen molar-refractivity contribution in [2.75, 3.05) is 51.7 Å². The standard InChI is InChI=1S/C36H40ClF5N6O6/c1-34(2,3)54-33(49)48-19-6-7-23(48)24-15-51-31-25-29(27(39)28(43-31)21-10-20(53-17-50-4)11-22(37)26(21)36(40,41)42)44-32(45-30(25)47(24)14-19)52-16-35-8-5-9-46(35)13-18(38)12-35/h10-11,18-19,23-24H,5-9,12-17H2,1-4H3/t18-,19-,23+,24-,35-/m0/s1. The lowest BCUT2D eigenvalue weighted by atomic mass is 9.95. The van der Waals surface area contributed by atoms with Crippen molar-refractivity contribution < 1.29 is 50.4 Å². The molecule has 1 aromatic carbocycles. The molecule has 2 aromatic heterocycles. The lowest BCUT2D eigenvalue weighted by molar-refractivity contribution is -0.137. The highest BCUT2D eigenvalue weighted by atomic mass is 35.5. The maximum Gasteiger partial charge on any atom is 0.418 e. The van der Waals surface area contributed by atoms with Gasteiger partial charge in [0.25, 0.3) is 0 Å². The van der Waals surface area contributed by atoms with Gasteiger partial charge in [0.2, 0.25) is 5.88 Å². The Labute approximate surface area is 312 Å². The van der Waals surface area contributed by atoms with E-state index in [1.807, 2.05) is 9.80 Å². The van der Waals surface area contributed by atoms with E-state index in [-0.39, 0.29) is 79.9 Å². The Kier molecular flexibility index (Phi) is 9.15. The summed E-state index contributed by atoms with van der Waals surface area (Å²) in [6.07, 6.45) is -3.45. The first kappa shape index (κ1) is 37.0. The van der Waals surface area contributed by atoms with Crippen molar-refractivity contribution in [2.24, 2.45) is 0 Å². The lowest BCUT2D eigenvalue weighted by Crippen LogP contribution is -2.63. The van der Waals surface area contributed by atoms with Crippen molar-refractivity contribution in [1.82, 2.24) is 24.8 Å². The first-order valence-corrected chi connectivity index (χ1v) is 18.3. The van der Waals surface area contributed by atoms with Crippen LogP contribution in [0, 0.1) is 5.82 Å². The van der Waals surface area contributed by atoms with Crippen molar-refractivity contribution in [2.45, 2.75) is 94.5 Å². The quantitative estimate of drug-likeness (QED) is 0.187. The molecule has 1 amide bonds. The van der Waals surface area contributed by atoms with E-state index in [2.05, 4.69) is 9.97 Å².